The van der Waals surface area contributed by atoms with Gasteiger partial charge < -0.3 is 10.2 Å². The zero-order valence-electron chi connectivity index (χ0n) is 13.5. The van der Waals surface area contributed by atoms with Crippen molar-refractivity contribution < 1.29 is 9.59 Å². The van der Waals surface area contributed by atoms with Crippen LogP contribution < -0.4 is 5.32 Å². The maximum atomic E-state index is 12.3. The number of nitrogens with one attached hydrogen (secondary N) is 1. The van der Waals surface area contributed by atoms with E-state index >= 15 is 0 Å². The van der Waals surface area contributed by atoms with Crippen LogP contribution in [0.25, 0.3) is 0 Å². The summed E-state index contributed by atoms with van der Waals surface area (Å²) in [5.74, 6) is -0.403. The topological polar surface area (TPSA) is 61.8 Å². The molecule has 0 aromatic heterocycles. The van der Waals surface area contributed by atoms with E-state index < -0.39 is 5.25 Å². The van der Waals surface area contributed by atoms with Gasteiger partial charge in [-0.2, -0.15) is 4.99 Å². The van der Waals surface area contributed by atoms with Crippen LogP contribution in [0.5, 0.6) is 0 Å². The quantitative estimate of drug-likeness (QED) is 0.891. The Morgan fingerprint density at radius 3 is 2.88 bits per heavy atom. The van der Waals surface area contributed by atoms with Gasteiger partial charge in [0.2, 0.25) is 5.91 Å². The number of amidine groups is 1. The Morgan fingerprint density at radius 2 is 2.12 bits per heavy atom. The van der Waals surface area contributed by atoms with E-state index in [-0.39, 0.29) is 18.2 Å². The SMILES string of the molecule is Cc1c(Cl)cccc1NC(=O)C[C@H]1SC(N2CCCCC2)=NC1=O. The number of aliphatic imine (C=N–C) groups is 1. The van der Waals surface area contributed by atoms with E-state index in [4.69, 9.17) is 11.6 Å². The molecule has 1 fully saturated rings. The maximum absolute atomic E-state index is 12.3. The van der Waals surface area contributed by atoms with E-state index in [1.54, 1.807) is 18.2 Å². The fraction of sp³-hybridized carbons (Fsp3) is 0.471. The minimum absolute atomic E-state index is 0.121. The van der Waals surface area contributed by atoms with Crippen molar-refractivity contribution in [3.63, 3.8) is 0 Å². The van der Waals surface area contributed by atoms with Gasteiger partial charge in [0.05, 0.1) is 0 Å². The van der Waals surface area contributed by atoms with Crippen LogP contribution in [0, 0.1) is 6.92 Å². The highest BCUT2D eigenvalue weighted by Gasteiger charge is 2.33. The molecule has 1 aromatic carbocycles. The van der Waals surface area contributed by atoms with Gasteiger partial charge in [0.15, 0.2) is 5.17 Å². The summed E-state index contributed by atoms with van der Waals surface area (Å²) in [6.45, 7) is 3.74. The van der Waals surface area contributed by atoms with Crippen molar-refractivity contribution in [2.75, 3.05) is 18.4 Å². The number of amides is 2. The molecule has 1 N–H and O–H groups in total. The van der Waals surface area contributed by atoms with Crippen molar-refractivity contribution in [1.82, 2.24) is 4.90 Å². The molecule has 7 heteroatoms. The second kappa shape index (κ2) is 7.57. The predicted octanol–water partition coefficient (Wildman–Crippen LogP) is 3.46. The second-order valence-corrected chi connectivity index (χ2v) is 7.63. The Labute approximate surface area is 150 Å². The lowest BCUT2D eigenvalue weighted by molar-refractivity contribution is -0.121. The van der Waals surface area contributed by atoms with Gasteiger partial charge in [0, 0.05) is 30.2 Å². The van der Waals surface area contributed by atoms with Crippen LogP contribution in [-0.2, 0) is 9.59 Å². The number of carbonyl (C=O) groups excluding carboxylic acids is 2. The van der Waals surface area contributed by atoms with Crippen LogP contribution in [0.2, 0.25) is 5.02 Å². The fourth-order valence-electron chi connectivity index (χ4n) is 2.84. The Bertz CT molecular complexity index is 686. The van der Waals surface area contributed by atoms with Crippen molar-refractivity contribution in [1.29, 1.82) is 0 Å². The van der Waals surface area contributed by atoms with E-state index in [0.29, 0.717) is 10.7 Å². The van der Waals surface area contributed by atoms with Crippen LogP contribution in [-0.4, -0.2) is 40.2 Å². The van der Waals surface area contributed by atoms with Gasteiger partial charge >= 0.3 is 0 Å². The molecule has 3 rings (SSSR count). The summed E-state index contributed by atoms with van der Waals surface area (Å²) >= 11 is 7.47. The average Bonchev–Trinajstić information content (AvgIpc) is 2.93. The number of anilines is 1. The fourth-order valence-corrected chi connectivity index (χ4v) is 4.13. The van der Waals surface area contributed by atoms with Crippen LogP contribution in [0.3, 0.4) is 0 Å². The van der Waals surface area contributed by atoms with Crippen molar-refractivity contribution in [3.05, 3.63) is 28.8 Å². The van der Waals surface area contributed by atoms with Crippen molar-refractivity contribution in [2.45, 2.75) is 37.9 Å². The zero-order chi connectivity index (χ0) is 17.1. The van der Waals surface area contributed by atoms with E-state index in [1.165, 1.54) is 18.2 Å². The molecule has 1 atom stereocenters. The Balaban J connectivity index is 1.57. The van der Waals surface area contributed by atoms with Crippen LogP contribution >= 0.6 is 23.4 Å². The maximum Gasteiger partial charge on any atom is 0.262 e. The normalized spacial score (nSPS) is 20.9. The molecular weight excluding hydrogens is 346 g/mol. The molecule has 0 bridgehead atoms. The molecule has 0 spiro atoms. The third-order valence-corrected chi connectivity index (χ3v) is 5.89. The van der Waals surface area contributed by atoms with E-state index in [9.17, 15) is 9.59 Å². The highest BCUT2D eigenvalue weighted by atomic mass is 35.5. The molecule has 0 aliphatic carbocycles. The Kier molecular flexibility index (Phi) is 5.46. The summed E-state index contributed by atoms with van der Waals surface area (Å²) in [7, 11) is 0. The molecule has 24 heavy (non-hydrogen) atoms. The standard InChI is InChI=1S/C17H20ClN3O2S/c1-11-12(18)6-5-7-13(11)19-15(22)10-14-16(23)20-17(24-14)21-8-3-2-4-9-21/h5-7,14H,2-4,8-10H2,1H3,(H,19,22)/t14-/m1/s1. The van der Waals surface area contributed by atoms with Crippen LogP contribution in [0.4, 0.5) is 5.69 Å². The highest BCUT2D eigenvalue weighted by Crippen LogP contribution is 2.29. The molecule has 0 unspecified atom stereocenters. The van der Waals surface area contributed by atoms with Gasteiger partial charge in [0.1, 0.15) is 5.25 Å². The van der Waals surface area contributed by atoms with Crippen molar-refractivity contribution >= 4 is 46.0 Å². The number of nitrogens with zero attached hydrogens (tertiary/aromatic N) is 2. The van der Waals surface area contributed by atoms with Gasteiger partial charge in [-0.3, -0.25) is 9.59 Å². The molecule has 0 saturated carbocycles. The van der Waals surface area contributed by atoms with Gasteiger partial charge in [0.25, 0.3) is 5.91 Å². The van der Waals surface area contributed by atoms with Crippen molar-refractivity contribution in [3.8, 4) is 0 Å². The largest absolute Gasteiger partial charge is 0.351 e. The minimum Gasteiger partial charge on any atom is -0.351 e. The van der Waals surface area contributed by atoms with Crippen LogP contribution in [0.1, 0.15) is 31.2 Å². The first-order chi connectivity index (χ1) is 11.5. The lowest BCUT2D eigenvalue weighted by atomic mass is 10.1. The average molecular weight is 366 g/mol. The first-order valence-corrected chi connectivity index (χ1v) is 9.39. The first-order valence-electron chi connectivity index (χ1n) is 8.13. The Hall–Kier alpha value is -1.53. The minimum atomic E-state index is -0.429. The summed E-state index contributed by atoms with van der Waals surface area (Å²) in [6.07, 6.45) is 3.61. The molecule has 0 radical (unpaired) electrons. The van der Waals surface area contributed by atoms with Gasteiger partial charge in [-0.1, -0.05) is 29.4 Å². The summed E-state index contributed by atoms with van der Waals surface area (Å²) in [5, 5.41) is 3.79. The second-order valence-electron chi connectivity index (χ2n) is 6.05. The number of piperidine rings is 1. The number of halogens is 1. The molecule has 5 nitrogen and oxygen atoms in total. The third kappa shape index (κ3) is 3.92. The highest BCUT2D eigenvalue weighted by molar-refractivity contribution is 8.15. The number of hydrogen-bond acceptors (Lipinski definition) is 4. The predicted molar refractivity (Wildman–Crippen MR) is 98.7 cm³/mol. The zero-order valence-corrected chi connectivity index (χ0v) is 15.1. The van der Waals surface area contributed by atoms with Crippen LogP contribution in [0.15, 0.2) is 23.2 Å². The van der Waals surface area contributed by atoms with E-state index in [2.05, 4.69) is 15.2 Å². The van der Waals surface area contributed by atoms with Gasteiger partial charge in [-0.25, -0.2) is 0 Å². The molecule has 2 heterocycles. The molecular formula is C17H20ClN3O2S. The number of likely N-dealkylation sites (tertiary alicyclic amines) is 1. The number of hydrogen-bond donors (Lipinski definition) is 1. The number of thioether (sulfide) groups is 1. The number of rotatable bonds is 3. The van der Waals surface area contributed by atoms with Crippen molar-refractivity contribution in [2.24, 2.45) is 4.99 Å². The molecule has 128 valence electrons. The summed E-state index contributed by atoms with van der Waals surface area (Å²) in [5.41, 5.74) is 1.50. The Morgan fingerprint density at radius 1 is 1.38 bits per heavy atom. The van der Waals surface area contributed by atoms with E-state index in [1.807, 2.05) is 6.92 Å². The molecule has 1 saturated heterocycles. The first kappa shape index (κ1) is 17.3. The number of benzene rings is 1. The third-order valence-electron chi connectivity index (χ3n) is 4.27. The molecule has 2 aliphatic heterocycles. The lowest BCUT2D eigenvalue weighted by Gasteiger charge is -2.27. The summed E-state index contributed by atoms with van der Waals surface area (Å²) in [6, 6.07) is 5.37. The van der Waals surface area contributed by atoms with Gasteiger partial charge in [-0.05, 0) is 43.9 Å². The van der Waals surface area contributed by atoms with E-state index in [0.717, 1.165) is 36.7 Å². The van der Waals surface area contributed by atoms with Gasteiger partial charge in [-0.15, -0.1) is 0 Å². The molecule has 1 aromatic rings. The summed E-state index contributed by atoms with van der Waals surface area (Å²) in [4.78, 5) is 30.7. The monoisotopic (exact) mass is 365 g/mol. The molecule has 2 amide bonds. The molecule has 2 aliphatic rings. The smallest absolute Gasteiger partial charge is 0.262 e. The summed E-state index contributed by atoms with van der Waals surface area (Å²) < 4.78 is 0. The lowest BCUT2D eigenvalue weighted by Crippen LogP contribution is -2.33. The number of carbonyl (C=O) groups is 2.